The predicted octanol–water partition coefficient (Wildman–Crippen LogP) is 2.51. The van der Waals surface area contributed by atoms with Gasteiger partial charge < -0.3 is 4.90 Å². The number of para-hydroxylation sites is 1. The number of rotatable bonds is 4. The number of nitrogens with zero attached hydrogens (tertiary/aromatic N) is 4. The van der Waals surface area contributed by atoms with E-state index in [1.165, 1.54) is 9.87 Å². The first-order valence-corrected chi connectivity index (χ1v) is 12.0. The van der Waals surface area contributed by atoms with Crippen LogP contribution >= 0.6 is 0 Å². The molecule has 0 unspecified atom stereocenters. The van der Waals surface area contributed by atoms with Gasteiger partial charge in [-0.1, -0.05) is 24.3 Å². The van der Waals surface area contributed by atoms with Gasteiger partial charge in [0.15, 0.2) is 0 Å². The van der Waals surface area contributed by atoms with E-state index in [0.717, 1.165) is 30.5 Å². The summed E-state index contributed by atoms with van der Waals surface area (Å²) in [5.74, 6) is -0.128. The molecular formula is C23H24N4O3S. The molecule has 0 radical (unpaired) electrons. The van der Waals surface area contributed by atoms with Crippen molar-refractivity contribution in [2.75, 3.05) is 26.2 Å². The van der Waals surface area contributed by atoms with Crippen molar-refractivity contribution in [3.8, 4) is 5.69 Å². The molecule has 160 valence electrons. The first kappa shape index (κ1) is 20.0. The van der Waals surface area contributed by atoms with Gasteiger partial charge in [-0.25, -0.2) is 13.1 Å². The van der Waals surface area contributed by atoms with Crippen LogP contribution in [-0.4, -0.2) is 59.5 Å². The molecule has 1 aliphatic heterocycles. The molecule has 0 saturated carbocycles. The minimum atomic E-state index is -3.55. The van der Waals surface area contributed by atoms with Gasteiger partial charge in [-0.15, -0.1) is 0 Å². The third kappa shape index (κ3) is 3.77. The van der Waals surface area contributed by atoms with Gasteiger partial charge in [0, 0.05) is 32.4 Å². The van der Waals surface area contributed by atoms with E-state index in [0.29, 0.717) is 23.5 Å². The summed E-state index contributed by atoms with van der Waals surface area (Å²) in [6, 6.07) is 15.1. The smallest absolute Gasteiger partial charge is 0.257 e. The van der Waals surface area contributed by atoms with Gasteiger partial charge in [0.2, 0.25) is 10.0 Å². The summed E-state index contributed by atoms with van der Waals surface area (Å²) in [5.41, 5.74) is 3.78. The Labute approximate surface area is 182 Å². The highest BCUT2D eigenvalue weighted by molar-refractivity contribution is 7.89. The monoisotopic (exact) mass is 436 g/mol. The molecule has 3 aromatic rings. The minimum Gasteiger partial charge on any atom is -0.336 e. The molecule has 1 aliphatic carbocycles. The first-order chi connectivity index (χ1) is 15.0. The molecule has 1 fully saturated rings. The molecule has 2 aromatic carbocycles. The van der Waals surface area contributed by atoms with Gasteiger partial charge in [-0.2, -0.15) is 9.40 Å². The second kappa shape index (κ2) is 7.94. The molecule has 2 aliphatic rings. The van der Waals surface area contributed by atoms with Crippen molar-refractivity contribution in [1.82, 2.24) is 19.0 Å². The summed E-state index contributed by atoms with van der Waals surface area (Å²) in [6.45, 7) is 1.30. The van der Waals surface area contributed by atoms with Crippen LogP contribution in [0.2, 0.25) is 0 Å². The summed E-state index contributed by atoms with van der Waals surface area (Å²) in [4.78, 5) is 15.0. The Bertz CT molecular complexity index is 1210. The van der Waals surface area contributed by atoms with Crippen LogP contribution in [0.25, 0.3) is 5.69 Å². The van der Waals surface area contributed by atoms with Crippen molar-refractivity contribution in [2.24, 2.45) is 0 Å². The SMILES string of the molecule is O=C(c1cnn(-c2ccccc2)c1)N1CCN(S(=O)(=O)c2ccc3c(c2)CCC3)CC1. The Kier molecular flexibility index (Phi) is 5.11. The number of sulfonamides is 1. The average Bonchev–Trinajstić information content (AvgIpc) is 3.48. The van der Waals surface area contributed by atoms with E-state index in [-0.39, 0.29) is 19.0 Å². The minimum absolute atomic E-state index is 0.128. The predicted molar refractivity (Wildman–Crippen MR) is 117 cm³/mol. The Hall–Kier alpha value is -2.97. The number of carbonyl (C=O) groups is 1. The van der Waals surface area contributed by atoms with Crippen molar-refractivity contribution < 1.29 is 13.2 Å². The van der Waals surface area contributed by atoms with Crippen molar-refractivity contribution in [1.29, 1.82) is 0 Å². The fourth-order valence-corrected chi connectivity index (χ4v) is 5.80. The van der Waals surface area contributed by atoms with E-state index in [9.17, 15) is 13.2 Å². The molecule has 1 aromatic heterocycles. The quantitative estimate of drug-likeness (QED) is 0.630. The van der Waals surface area contributed by atoms with E-state index in [2.05, 4.69) is 5.10 Å². The van der Waals surface area contributed by atoms with Gasteiger partial charge in [0.25, 0.3) is 5.91 Å². The Morgan fingerprint density at radius 1 is 0.903 bits per heavy atom. The number of fused-ring (bicyclic) bond motifs is 1. The second-order valence-corrected chi connectivity index (χ2v) is 9.93. The third-order valence-electron chi connectivity index (χ3n) is 6.08. The number of benzene rings is 2. The average molecular weight is 437 g/mol. The molecule has 8 heteroatoms. The standard InChI is InChI=1S/C23H24N4O3S/c28-23(20-16-24-27(17-20)21-7-2-1-3-8-21)25-11-13-26(14-12-25)31(29,30)22-10-9-18-5-4-6-19(18)15-22/h1-3,7-10,15-17H,4-6,11-14H2. The van der Waals surface area contributed by atoms with Gasteiger partial charge in [-0.3, -0.25) is 4.79 Å². The van der Waals surface area contributed by atoms with Crippen LogP contribution in [0, 0.1) is 0 Å². The molecule has 31 heavy (non-hydrogen) atoms. The van der Waals surface area contributed by atoms with Crippen LogP contribution in [0.3, 0.4) is 0 Å². The second-order valence-electron chi connectivity index (χ2n) is 7.99. The Balaban J connectivity index is 1.26. The van der Waals surface area contributed by atoms with Gasteiger partial charge in [0.05, 0.1) is 22.3 Å². The van der Waals surface area contributed by atoms with E-state index in [1.54, 1.807) is 28.0 Å². The first-order valence-electron chi connectivity index (χ1n) is 10.5. The maximum Gasteiger partial charge on any atom is 0.257 e. The highest BCUT2D eigenvalue weighted by Gasteiger charge is 2.31. The number of hydrogen-bond donors (Lipinski definition) is 0. The Morgan fingerprint density at radius 3 is 2.42 bits per heavy atom. The highest BCUT2D eigenvalue weighted by Crippen LogP contribution is 2.27. The molecule has 7 nitrogen and oxygen atoms in total. The maximum atomic E-state index is 13.1. The molecule has 0 N–H and O–H groups in total. The number of piperazine rings is 1. The van der Waals surface area contributed by atoms with Crippen LogP contribution < -0.4 is 0 Å². The van der Waals surface area contributed by atoms with Gasteiger partial charge in [-0.05, 0) is 54.7 Å². The van der Waals surface area contributed by atoms with Crippen molar-refractivity contribution in [3.05, 3.63) is 77.6 Å². The zero-order valence-corrected chi connectivity index (χ0v) is 18.0. The number of amides is 1. The zero-order chi connectivity index (χ0) is 21.4. The number of aromatic nitrogens is 2. The lowest BCUT2D eigenvalue weighted by Crippen LogP contribution is -2.50. The number of hydrogen-bond acceptors (Lipinski definition) is 4. The van der Waals surface area contributed by atoms with Crippen molar-refractivity contribution in [3.63, 3.8) is 0 Å². The molecule has 0 spiro atoms. The topological polar surface area (TPSA) is 75.5 Å². The third-order valence-corrected chi connectivity index (χ3v) is 7.98. The van der Waals surface area contributed by atoms with Crippen molar-refractivity contribution >= 4 is 15.9 Å². The van der Waals surface area contributed by atoms with E-state index in [4.69, 9.17) is 0 Å². The molecule has 0 bridgehead atoms. The summed E-state index contributed by atoms with van der Waals surface area (Å²) in [7, 11) is -3.55. The molecule has 1 saturated heterocycles. The molecular weight excluding hydrogens is 412 g/mol. The van der Waals surface area contributed by atoms with E-state index >= 15 is 0 Å². The van der Waals surface area contributed by atoms with Crippen LogP contribution in [0.5, 0.6) is 0 Å². The molecule has 1 amide bonds. The maximum absolute atomic E-state index is 13.1. The number of carbonyl (C=O) groups excluding carboxylic acids is 1. The van der Waals surface area contributed by atoms with Crippen LogP contribution in [0.1, 0.15) is 27.9 Å². The Morgan fingerprint density at radius 2 is 1.65 bits per heavy atom. The normalized spacial score (nSPS) is 17.0. The van der Waals surface area contributed by atoms with E-state index < -0.39 is 10.0 Å². The summed E-state index contributed by atoms with van der Waals surface area (Å²) >= 11 is 0. The summed E-state index contributed by atoms with van der Waals surface area (Å²) in [5, 5.41) is 4.29. The zero-order valence-electron chi connectivity index (χ0n) is 17.1. The molecule has 2 heterocycles. The highest BCUT2D eigenvalue weighted by atomic mass is 32.2. The largest absolute Gasteiger partial charge is 0.336 e. The molecule has 5 rings (SSSR count). The lowest BCUT2D eigenvalue weighted by atomic mass is 10.1. The lowest BCUT2D eigenvalue weighted by molar-refractivity contribution is 0.0698. The number of aryl methyl sites for hydroxylation is 2. The molecule has 0 atom stereocenters. The van der Waals surface area contributed by atoms with Gasteiger partial charge in [0.1, 0.15) is 0 Å². The fourth-order valence-electron chi connectivity index (χ4n) is 4.33. The van der Waals surface area contributed by atoms with Crippen LogP contribution in [0.4, 0.5) is 0 Å². The fraction of sp³-hybridized carbons (Fsp3) is 0.304. The lowest BCUT2D eigenvalue weighted by Gasteiger charge is -2.33. The summed E-state index contributed by atoms with van der Waals surface area (Å²) < 4.78 is 29.4. The van der Waals surface area contributed by atoms with Crippen LogP contribution in [0.15, 0.2) is 65.8 Å². The van der Waals surface area contributed by atoms with Gasteiger partial charge >= 0.3 is 0 Å². The van der Waals surface area contributed by atoms with Crippen LogP contribution in [-0.2, 0) is 22.9 Å². The summed E-state index contributed by atoms with van der Waals surface area (Å²) in [6.07, 6.45) is 6.32. The van der Waals surface area contributed by atoms with E-state index in [1.807, 2.05) is 42.5 Å². The van der Waals surface area contributed by atoms with Crippen molar-refractivity contribution in [2.45, 2.75) is 24.2 Å².